The first-order valence-corrected chi connectivity index (χ1v) is 13.4. The zero-order chi connectivity index (χ0) is 29.5. The Morgan fingerprint density at radius 3 is 2.32 bits per heavy atom. The molecule has 1 aliphatic rings. The maximum atomic E-state index is 13.9. The van der Waals surface area contributed by atoms with Crippen LogP contribution >= 0.6 is 11.6 Å². The van der Waals surface area contributed by atoms with Crippen molar-refractivity contribution in [2.24, 2.45) is 0 Å². The van der Waals surface area contributed by atoms with E-state index in [0.29, 0.717) is 34.0 Å². The van der Waals surface area contributed by atoms with E-state index in [2.05, 4.69) is 10.6 Å². The van der Waals surface area contributed by atoms with Gasteiger partial charge in [-0.3, -0.25) is 19.3 Å². The third-order valence-electron chi connectivity index (χ3n) is 6.72. The first kappa shape index (κ1) is 29.4. The van der Waals surface area contributed by atoms with E-state index in [1.807, 2.05) is 13.0 Å². The Kier molecular flexibility index (Phi) is 9.46. The number of amides is 4. The number of carbonyl (C=O) groups excluding carboxylic acids is 3. The minimum atomic E-state index is -1.34. The van der Waals surface area contributed by atoms with Gasteiger partial charge in [0, 0.05) is 29.4 Å². The van der Waals surface area contributed by atoms with E-state index in [1.165, 1.54) is 16.9 Å². The standard InChI is InChI=1S/C30H31ClN4O6/c1-19-5-3-6-21(17-19)25(18-26(36)37)33-27(38)28-34(29(39)20-7-9-22(31)10-8-20)15-4-16-35(28)30(40)32-23-11-13-24(41-2)14-12-23/h3,5-14,17,25,28H,4,15-16,18H2,1-2H3,(H,32,40)(H,33,38)(H,36,37). The van der Waals surface area contributed by atoms with Crippen LogP contribution in [0.25, 0.3) is 0 Å². The van der Waals surface area contributed by atoms with Crippen molar-refractivity contribution in [2.45, 2.75) is 32.0 Å². The summed E-state index contributed by atoms with van der Waals surface area (Å²) in [6.07, 6.45) is -1.30. The number of hydrogen-bond acceptors (Lipinski definition) is 5. The molecule has 0 radical (unpaired) electrons. The van der Waals surface area contributed by atoms with E-state index in [4.69, 9.17) is 16.3 Å². The number of ether oxygens (including phenoxy) is 1. The molecule has 1 saturated heterocycles. The smallest absolute Gasteiger partial charge is 0.323 e. The molecule has 4 amide bonds. The van der Waals surface area contributed by atoms with E-state index in [1.54, 1.807) is 66.7 Å². The van der Waals surface area contributed by atoms with Crippen molar-refractivity contribution in [3.05, 3.63) is 94.5 Å². The zero-order valence-corrected chi connectivity index (χ0v) is 23.4. The maximum absolute atomic E-state index is 13.9. The quantitative estimate of drug-likeness (QED) is 0.356. The number of nitrogens with zero attached hydrogens (tertiary/aromatic N) is 2. The minimum Gasteiger partial charge on any atom is -0.497 e. The molecule has 0 spiro atoms. The first-order valence-electron chi connectivity index (χ1n) is 13.0. The third-order valence-corrected chi connectivity index (χ3v) is 6.97. The molecule has 1 fully saturated rings. The summed E-state index contributed by atoms with van der Waals surface area (Å²) in [5.41, 5.74) is 2.26. The molecule has 41 heavy (non-hydrogen) atoms. The molecule has 11 heteroatoms. The first-order chi connectivity index (χ1) is 19.7. The highest BCUT2D eigenvalue weighted by atomic mass is 35.5. The van der Waals surface area contributed by atoms with Crippen molar-refractivity contribution in [2.75, 3.05) is 25.5 Å². The highest BCUT2D eigenvalue weighted by molar-refractivity contribution is 6.30. The van der Waals surface area contributed by atoms with Crippen molar-refractivity contribution in [1.29, 1.82) is 0 Å². The Bertz CT molecular complexity index is 1410. The molecule has 0 aliphatic carbocycles. The van der Waals surface area contributed by atoms with Gasteiger partial charge in [0.05, 0.1) is 19.6 Å². The zero-order valence-electron chi connectivity index (χ0n) is 22.7. The summed E-state index contributed by atoms with van der Waals surface area (Å²) in [5, 5.41) is 15.6. The van der Waals surface area contributed by atoms with Crippen molar-refractivity contribution >= 4 is 41.1 Å². The van der Waals surface area contributed by atoms with Gasteiger partial charge < -0.3 is 25.4 Å². The summed E-state index contributed by atoms with van der Waals surface area (Å²) in [7, 11) is 1.53. The van der Waals surface area contributed by atoms with Gasteiger partial charge in [-0.1, -0.05) is 41.4 Å². The Hall–Kier alpha value is -4.57. The molecule has 10 nitrogen and oxygen atoms in total. The molecule has 3 aromatic carbocycles. The second-order valence-electron chi connectivity index (χ2n) is 9.66. The molecule has 2 unspecified atom stereocenters. The summed E-state index contributed by atoms with van der Waals surface area (Å²) >= 11 is 6.00. The number of rotatable bonds is 8. The van der Waals surface area contributed by atoms with Crippen molar-refractivity contribution in [3.63, 3.8) is 0 Å². The lowest BCUT2D eigenvalue weighted by Gasteiger charge is -2.43. The van der Waals surface area contributed by atoms with Gasteiger partial charge in [0.15, 0.2) is 6.17 Å². The summed E-state index contributed by atoms with van der Waals surface area (Å²) in [6.45, 7) is 2.26. The van der Waals surface area contributed by atoms with Crippen molar-refractivity contribution in [3.8, 4) is 5.75 Å². The van der Waals surface area contributed by atoms with Gasteiger partial charge in [0.25, 0.3) is 11.8 Å². The Morgan fingerprint density at radius 2 is 1.68 bits per heavy atom. The lowest BCUT2D eigenvalue weighted by atomic mass is 10.0. The van der Waals surface area contributed by atoms with E-state index < -0.39 is 36.0 Å². The third kappa shape index (κ3) is 7.34. The number of halogens is 1. The number of aliphatic carboxylic acids is 1. The van der Waals surface area contributed by atoms with E-state index in [-0.39, 0.29) is 19.5 Å². The van der Waals surface area contributed by atoms with Crippen LogP contribution in [0.4, 0.5) is 10.5 Å². The molecule has 0 aromatic heterocycles. The van der Waals surface area contributed by atoms with Crippen LogP contribution in [0.5, 0.6) is 5.75 Å². The van der Waals surface area contributed by atoms with Gasteiger partial charge in [0.1, 0.15) is 5.75 Å². The number of carbonyl (C=O) groups is 4. The van der Waals surface area contributed by atoms with Gasteiger partial charge in [0.2, 0.25) is 0 Å². The summed E-state index contributed by atoms with van der Waals surface area (Å²) < 4.78 is 5.17. The molecule has 1 heterocycles. The van der Waals surface area contributed by atoms with Crippen molar-refractivity contribution in [1.82, 2.24) is 15.1 Å². The molecular formula is C30H31ClN4O6. The van der Waals surface area contributed by atoms with E-state index in [0.717, 1.165) is 5.56 Å². The fourth-order valence-corrected chi connectivity index (χ4v) is 4.85. The van der Waals surface area contributed by atoms with Crippen LogP contribution in [-0.2, 0) is 9.59 Å². The predicted molar refractivity (Wildman–Crippen MR) is 154 cm³/mol. The lowest BCUT2D eigenvalue weighted by molar-refractivity contribution is -0.138. The highest BCUT2D eigenvalue weighted by Crippen LogP contribution is 2.24. The number of benzene rings is 3. The van der Waals surface area contributed by atoms with Crippen LogP contribution in [0.3, 0.4) is 0 Å². The number of methoxy groups -OCH3 is 1. The topological polar surface area (TPSA) is 128 Å². The number of carboxylic acids is 1. The summed E-state index contributed by atoms with van der Waals surface area (Å²) in [4.78, 5) is 55.4. The monoisotopic (exact) mass is 578 g/mol. The lowest BCUT2D eigenvalue weighted by Crippen LogP contribution is -2.64. The van der Waals surface area contributed by atoms with Crippen LogP contribution in [0.2, 0.25) is 5.02 Å². The molecule has 0 bridgehead atoms. The number of nitrogens with one attached hydrogen (secondary N) is 2. The van der Waals surface area contributed by atoms with Gasteiger partial charge >= 0.3 is 12.0 Å². The number of urea groups is 1. The average Bonchev–Trinajstić information content (AvgIpc) is 2.96. The second kappa shape index (κ2) is 13.2. The van der Waals surface area contributed by atoms with Gasteiger partial charge in [-0.25, -0.2) is 4.79 Å². The van der Waals surface area contributed by atoms with Crippen molar-refractivity contribution < 1.29 is 29.0 Å². The summed E-state index contributed by atoms with van der Waals surface area (Å²) in [5.74, 6) is -1.64. The van der Waals surface area contributed by atoms with Gasteiger partial charge in [-0.15, -0.1) is 0 Å². The van der Waals surface area contributed by atoms with Gasteiger partial charge in [-0.05, 0) is 67.4 Å². The molecule has 214 valence electrons. The normalized spacial score (nSPS) is 15.5. The average molecular weight is 579 g/mol. The van der Waals surface area contributed by atoms with Crippen LogP contribution < -0.4 is 15.4 Å². The number of aryl methyl sites for hydroxylation is 1. The molecule has 0 saturated carbocycles. The number of hydrogen-bond donors (Lipinski definition) is 3. The van der Waals surface area contributed by atoms with E-state index in [9.17, 15) is 24.3 Å². The van der Waals surface area contributed by atoms with Crippen LogP contribution in [0.15, 0.2) is 72.8 Å². The summed E-state index contributed by atoms with van der Waals surface area (Å²) in [6, 6.07) is 18.6. The maximum Gasteiger partial charge on any atom is 0.323 e. The Balaban J connectivity index is 1.67. The Morgan fingerprint density at radius 1 is 1.00 bits per heavy atom. The van der Waals surface area contributed by atoms with Crippen LogP contribution in [-0.4, -0.2) is 65.1 Å². The number of carboxylic acid groups (broad SMARTS) is 1. The molecule has 1 aliphatic heterocycles. The number of anilines is 1. The molecule has 3 N–H and O–H groups in total. The van der Waals surface area contributed by atoms with Crippen LogP contribution in [0.1, 0.15) is 40.4 Å². The Labute approximate surface area is 242 Å². The predicted octanol–water partition coefficient (Wildman–Crippen LogP) is 4.70. The molecule has 4 rings (SSSR count). The fraction of sp³-hybridized carbons (Fsp3) is 0.267. The fourth-order valence-electron chi connectivity index (χ4n) is 4.72. The molecule has 2 atom stereocenters. The second-order valence-corrected chi connectivity index (χ2v) is 10.1. The van der Waals surface area contributed by atoms with E-state index >= 15 is 0 Å². The minimum absolute atomic E-state index is 0.193. The SMILES string of the molecule is COc1ccc(NC(=O)N2CCCN(C(=O)c3ccc(Cl)cc3)C2C(=O)NC(CC(=O)O)c2cccc(C)c2)cc1. The molecular weight excluding hydrogens is 548 g/mol. The van der Waals surface area contributed by atoms with Crippen LogP contribution in [0, 0.1) is 6.92 Å². The molecule has 3 aromatic rings. The highest BCUT2D eigenvalue weighted by Gasteiger charge is 2.41. The largest absolute Gasteiger partial charge is 0.497 e. The van der Waals surface area contributed by atoms with Gasteiger partial charge in [-0.2, -0.15) is 0 Å².